The Morgan fingerprint density at radius 3 is 2.22 bits per heavy atom. The second-order valence-electron chi connectivity index (χ2n) is 7.84. The molecule has 0 atom stereocenters. The van der Waals surface area contributed by atoms with Crippen molar-refractivity contribution in [2.45, 2.75) is 26.7 Å². The number of rotatable bonds is 10. The van der Waals surface area contributed by atoms with Gasteiger partial charge in [0.25, 0.3) is 0 Å². The predicted octanol–water partition coefficient (Wildman–Crippen LogP) is 5.73. The Labute approximate surface area is 188 Å². The van der Waals surface area contributed by atoms with Crippen LogP contribution in [0.25, 0.3) is 0 Å². The fourth-order valence-electron chi connectivity index (χ4n) is 2.94. The molecule has 0 heterocycles. The van der Waals surface area contributed by atoms with Crippen LogP contribution in [0.2, 0.25) is 0 Å². The molecule has 0 radical (unpaired) electrons. The molecule has 0 aromatic heterocycles. The highest BCUT2D eigenvalue weighted by atomic mass is 16.5. The molecule has 0 unspecified atom stereocenters. The first kappa shape index (κ1) is 23.1. The highest BCUT2D eigenvalue weighted by molar-refractivity contribution is 5.92. The summed E-state index contributed by atoms with van der Waals surface area (Å²) in [6.45, 7) is 5.16. The SMILES string of the molecule is CC(C)CCOc1cccc(C(=O)Oc2ccc(C(=O)OCCc3ccccc3)cc2)c1. The number of hydrogen-bond donors (Lipinski definition) is 0. The smallest absolute Gasteiger partial charge is 0.343 e. The molecule has 3 rings (SSSR count). The maximum atomic E-state index is 12.5. The molecule has 5 nitrogen and oxygen atoms in total. The normalized spacial score (nSPS) is 10.6. The van der Waals surface area contributed by atoms with Gasteiger partial charge in [0.1, 0.15) is 11.5 Å². The fourth-order valence-corrected chi connectivity index (χ4v) is 2.94. The third-order valence-corrected chi connectivity index (χ3v) is 4.80. The number of carbonyl (C=O) groups is 2. The van der Waals surface area contributed by atoms with Crippen LogP contribution in [0.5, 0.6) is 11.5 Å². The van der Waals surface area contributed by atoms with Crippen LogP contribution in [0.4, 0.5) is 0 Å². The lowest BCUT2D eigenvalue weighted by molar-refractivity contribution is 0.0509. The van der Waals surface area contributed by atoms with Crippen LogP contribution in [0, 0.1) is 5.92 Å². The summed E-state index contributed by atoms with van der Waals surface area (Å²) in [4.78, 5) is 24.7. The lowest BCUT2D eigenvalue weighted by Crippen LogP contribution is -2.10. The summed E-state index contributed by atoms with van der Waals surface area (Å²) in [6.07, 6.45) is 1.60. The van der Waals surface area contributed by atoms with Crippen LogP contribution in [-0.4, -0.2) is 25.2 Å². The standard InChI is InChI=1S/C27H28O5/c1-20(2)15-17-30-25-10-6-9-23(19-25)27(29)32-24-13-11-22(12-14-24)26(28)31-18-16-21-7-4-3-5-8-21/h3-14,19-20H,15-18H2,1-2H3. The second kappa shape index (κ2) is 11.7. The van der Waals surface area contributed by atoms with E-state index in [0.29, 0.717) is 48.2 Å². The van der Waals surface area contributed by atoms with Crippen molar-refractivity contribution < 1.29 is 23.8 Å². The van der Waals surface area contributed by atoms with Gasteiger partial charge in [0.15, 0.2) is 0 Å². The lowest BCUT2D eigenvalue weighted by Gasteiger charge is -2.10. The van der Waals surface area contributed by atoms with E-state index in [0.717, 1.165) is 12.0 Å². The van der Waals surface area contributed by atoms with Gasteiger partial charge in [0, 0.05) is 6.42 Å². The van der Waals surface area contributed by atoms with Gasteiger partial charge in [0.05, 0.1) is 24.3 Å². The number of ether oxygens (including phenoxy) is 3. The van der Waals surface area contributed by atoms with Gasteiger partial charge in [-0.05, 0) is 60.4 Å². The first-order valence-corrected chi connectivity index (χ1v) is 10.8. The van der Waals surface area contributed by atoms with E-state index in [9.17, 15) is 9.59 Å². The molecule has 0 aliphatic heterocycles. The Kier molecular flexibility index (Phi) is 8.44. The Bertz CT molecular complexity index is 1010. The van der Waals surface area contributed by atoms with Gasteiger partial charge in [-0.25, -0.2) is 9.59 Å². The second-order valence-corrected chi connectivity index (χ2v) is 7.84. The van der Waals surface area contributed by atoms with Crippen LogP contribution in [0.1, 0.15) is 46.5 Å². The number of carbonyl (C=O) groups excluding carboxylic acids is 2. The van der Waals surface area contributed by atoms with Crippen LogP contribution < -0.4 is 9.47 Å². The monoisotopic (exact) mass is 432 g/mol. The Morgan fingerprint density at radius 1 is 0.750 bits per heavy atom. The predicted molar refractivity (Wildman–Crippen MR) is 123 cm³/mol. The average molecular weight is 433 g/mol. The van der Waals surface area contributed by atoms with Crippen molar-refractivity contribution in [3.05, 3.63) is 95.6 Å². The van der Waals surface area contributed by atoms with Crippen molar-refractivity contribution in [2.75, 3.05) is 13.2 Å². The van der Waals surface area contributed by atoms with E-state index >= 15 is 0 Å². The third-order valence-electron chi connectivity index (χ3n) is 4.80. The zero-order chi connectivity index (χ0) is 22.8. The molecular formula is C27H28O5. The molecule has 3 aromatic carbocycles. The number of hydrogen-bond acceptors (Lipinski definition) is 5. The summed E-state index contributed by atoms with van der Waals surface area (Å²) >= 11 is 0. The Morgan fingerprint density at radius 2 is 1.50 bits per heavy atom. The van der Waals surface area contributed by atoms with Gasteiger partial charge in [-0.1, -0.05) is 50.2 Å². The van der Waals surface area contributed by atoms with E-state index in [2.05, 4.69) is 13.8 Å². The maximum absolute atomic E-state index is 12.5. The van der Waals surface area contributed by atoms with Crippen LogP contribution >= 0.6 is 0 Å². The van der Waals surface area contributed by atoms with Crippen molar-refractivity contribution >= 4 is 11.9 Å². The summed E-state index contributed by atoms with van der Waals surface area (Å²) in [5, 5.41) is 0. The van der Waals surface area contributed by atoms with Crippen LogP contribution in [0.15, 0.2) is 78.9 Å². The molecule has 0 aliphatic rings. The first-order chi connectivity index (χ1) is 15.5. The van der Waals surface area contributed by atoms with E-state index < -0.39 is 11.9 Å². The molecular weight excluding hydrogens is 404 g/mol. The van der Waals surface area contributed by atoms with Crippen molar-refractivity contribution in [1.29, 1.82) is 0 Å². The molecule has 0 saturated heterocycles. The molecule has 0 aliphatic carbocycles. The molecule has 32 heavy (non-hydrogen) atoms. The Balaban J connectivity index is 1.50. The Hall–Kier alpha value is -3.60. The zero-order valence-electron chi connectivity index (χ0n) is 18.5. The minimum absolute atomic E-state index is 0.301. The quantitative estimate of drug-likeness (QED) is 0.302. The number of benzene rings is 3. The third kappa shape index (κ3) is 7.27. The van der Waals surface area contributed by atoms with Crippen molar-refractivity contribution in [3.63, 3.8) is 0 Å². The average Bonchev–Trinajstić information content (AvgIpc) is 2.80. The van der Waals surface area contributed by atoms with Crippen molar-refractivity contribution in [2.24, 2.45) is 5.92 Å². The zero-order valence-corrected chi connectivity index (χ0v) is 18.5. The molecule has 0 fully saturated rings. The van der Waals surface area contributed by atoms with Crippen LogP contribution in [0.3, 0.4) is 0 Å². The topological polar surface area (TPSA) is 61.8 Å². The maximum Gasteiger partial charge on any atom is 0.343 e. The summed E-state index contributed by atoms with van der Waals surface area (Å²) in [5.41, 5.74) is 1.91. The highest BCUT2D eigenvalue weighted by Crippen LogP contribution is 2.18. The highest BCUT2D eigenvalue weighted by Gasteiger charge is 2.12. The first-order valence-electron chi connectivity index (χ1n) is 10.8. The van der Waals surface area contributed by atoms with E-state index in [-0.39, 0.29) is 0 Å². The van der Waals surface area contributed by atoms with E-state index in [1.54, 1.807) is 42.5 Å². The molecule has 0 N–H and O–H groups in total. The van der Waals surface area contributed by atoms with Gasteiger partial charge in [0.2, 0.25) is 0 Å². The molecule has 5 heteroatoms. The minimum Gasteiger partial charge on any atom is -0.494 e. The van der Waals surface area contributed by atoms with Gasteiger partial charge < -0.3 is 14.2 Å². The molecule has 3 aromatic rings. The van der Waals surface area contributed by atoms with Gasteiger partial charge in [-0.3, -0.25) is 0 Å². The van der Waals surface area contributed by atoms with Crippen LogP contribution in [-0.2, 0) is 11.2 Å². The largest absolute Gasteiger partial charge is 0.494 e. The summed E-state index contributed by atoms with van der Waals surface area (Å²) in [7, 11) is 0. The molecule has 0 spiro atoms. The van der Waals surface area contributed by atoms with Crippen molar-refractivity contribution in [1.82, 2.24) is 0 Å². The van der Waals surface area contributed by atoms with E-state index in [4.69, 9.17) is 14.2 Å². The minimum atomic E-state index is -0.488. The fraction of sp³-hybridized carbons (Fsp3) is 0.259. The van der Waals surface area contributed by atoms with E-state index in [1.807, 2.05) is 36.4 Å². The summed E-state index contributed by atoms with van der Waals surface area (Å²) in [6, 6.07) is 23.1. The van der Waals surface area contributed by atoms with E-state index in [1.165, 1.54) is 0 Å². The van der Waals surface area contributed by atoms with Gasteiger partial charge in [-0.15, -0.1) is 0 Å². The lowest BCUT2D eigenvalue weighted by atomic mass is 10.1. The molecule has 166 valence electrons. The molecule has 0 bridgehead atoms. The van der Waals surface area contributed by atoms with Crippen molar-refractivity contribution in [3.8, 4) is 11.5 Å². The molecule has 0 saturated carbocycles. The summed E-state index contributed by atoms with van der Waals surface area (Å²) < 4.78 is 16.4. The number of esters is 2. The molecule has 0 amide bonds. The van der Waals surface area contributed by atoms with Gasteiger partial charge in [-0.2, -0.15) is 0 Å². The van der Waals surface area contributed by atoms with Gasteiger partial charge >= 0.3 is 11.9 Å². The summed E-state index contributed by atoms with van der Waals surface area (Å²) in [5.74, 6) is 0.630.